The van der Waals surface area contributed by atoms with Crippen LogP contribution >= 0.6 is 0 Å². The summed E-state index contributed by atoms with van der Waals surface area (Å²) in [5.41, 5.74) is 2.48. The molecule has 0 unspecified atom stereocenters. The molecule has 0 saturated heterocycles. The van der Waals surface area contributed by atoms with E-state index in [1.807, 2.05) is 43.3 Å². The minimum atomic E-state index is -2.93. The van der Waals surface area contributed by atoms with Crippen molar-refractivity contribution in [2.24, 2.45) is 0 Å². The molecular formula is C26H19F2N3O3. The summed E-state index contributed by atoms with van der Waals surface area (Å²) in [4.78, 5) is 22.7. The van der Waals surface area contributed by atoms with Gasteiger partial charge < -0.3 is 9.47 Å². The number of alkyl halides is 2. The number of benzene rings is 2. The molecule has 170 valence electrons. The van der Waals surface area contributed by atoms with Crippen LogP contribution in [0.15, 0.2) is 83.9 Å². The quantitative estimate of drug-likeness (QED) is 0.331. The molecule has 6 nitrogen and oxygen atoms in total. The van der Waals surface area contributed by atoms with Gasteiger partial charge in [-0.15, -0.1) is 0 Å². The van der Waals surface area contributed by atoms with Crippen molar-refractivity contribution < 1.29 is 18.3 Å². The molecular weight excluding hydrogens is 440 g/mol. The topological polar surface area (TPSA) is 66.2 Å². The van der Waals surface area contributed by atoms with E-state index >= 15 is 0 Å². The van der Waals surface area contributed by atoms with Gasteiger partial charge in [0.15, 0.2) is 0 Å². The van der Waals surface area contributed by atoms with Gasteiger partial charge in [-0.25, -0.2) is 4.98 Å². The summed E-state index contributed by atoms with van der Waals surface area (Å²) in [6.45, 7) is -0.657. The molecule has 0 aliphatic carbocycles. The van der Waals surface area contributed by atoms with E-state index < -0.39 is 6.61 Å². The molecule has 0 aliphatic rings. The van der Waals surface area contributed by atoms with E-state index in [-0.39, 0.29) is 11.3 Å². The second-order valence-corrected chi connectivity index (χ2v) is 7.48. The van der Waals surface area contributed by atoms with E-state index in [9.17, 15) is 13.6 Å². The number of aromatic nitrogens is 3. The Labute approximate surface area is 193 Å². The maximum atomic E-state index is 13.8. The second-order valence-electron chi connectivity index (χ2n) is 7.48. The average Bonchev–Trinajstić information content (AvgIpc) is 2.84. The van der Waals surface area contributed by atoms with Crippen LogP contribution in [-0.4, -0.2) is 27.8 Å². The zero-order valence-electron chi connectivity index (χ0n) is 18.1. The molecule has 34 heavy (non-hydrogen) atoms. The smallest absolute Gasteiger partial charge is 0.387 e. The summed E-state index contributed by atoms with van der Waals surface area (Å²) in [6, 6.07) is 18.9. The van der Waals surface area contributed by atoms with Crippen LogP contribution in [0.3, 0.4) is 0 Å². The van der Waals surface area contributed by atoms with E-state index in [4.69, 9.17) is 4.74 Å². The highest BCUT2D eigenvalue weighted by Crippen LogP contribution is 2.29. The van der Waals surface area contributed by atoms with Crippen molar-refractivity contribution in [3.8, 4) is 28.4 Å². The molecule has 0 bridgehead atoms. The fourth-order valence-corrected chi connectivity index (χ4v) is 3.87. The van der Waals surface area contributed by atoms with E-state index in [0.717, 1.165) is 16.3 Å². The van der Waals surface area contributed by atoms with E-state index in [1.54, 1.807) is 35.2 Å². The fraction of sp³-hybridized carbons (Fsp3) is 0.115. The summed E-state index contributed by atoms with van der Waals surface area (Å²) in [7, 11) is 0. The minimum absolute atomic E-state index is 0.00399. The van der Waals surface area contributed by atoms with Gasteiger partial charge in [0, 0.05) is 34.9 Å². The Morgan fingerprint density at radius 2 is 1.82 bits per heavy atom. The first-order valence-electron chi connectivity index (χ1n) is 10.6. The normalized spacial score (nSPS) is 11.3. The average molecular weight is 459 g/mol. The van der Waals surface area contributed by atoms with Crippen LogP contribution in [0.25, 0.3) is 38.6 Å². The number of rotatable bonds is 6. The Kier molecular flexibility index (Phi) is 5.63. The Bertz CT molecular complexity index is 1550. The van der Waals surface area contributed by atoms with Crippen LogP contribution in [0, 0.1) is 0 Å². The molecule has 8 heteroatoms. The van der Waals surface area contributed by atoms with Crippen LogP contribution < -0.4 is 15.0 Å². The maximum absolute atomic E-state index is 13.8. The predicted octanol–water partition coefficient (Wildman–Crippen LogP) is 5.60. The molecule has 2 aromatic carbocycles. The van der Waals surface area contributed by atoms with Crippen LogP contribution in [0.1, 0.15) is 6.92 Å². The number of hydrogen-bond donors (Lipinski definition) is 0. The summed E-state index contributed by atoms with van der Waals surface area (Å²) in [5, 5.41) is 1.61. The number of pyridine rings is 3. The highest BCUT2D eigenvalue weighted by atomic mass is 19.3. The molecule has 5 aromatic rings. The zero-order valence-corrected chi connectivity index (χ0v) is 18.1. The third-order valence-corrected chi connectivity index (χ3v) is 5.36. The summed E-state index contributed by atoms with van der Waals surface area (Å²) < 4.78 is 36.7. The molecule has 0 spiro atoms. The van der Waals surface area contributed by atoms with Gasteiger partial charge in [0.1, 0.15) is 5.75 Å². The fourth-order valence-electron chi connectivity index (χ4n) is 3.87. The zero-order chi connectivity index (χ0) is 23.7. The summed E-state index contributed by atoms with van der Waals surface area (Å²) in [6.07, 6.45) is 3.45. The van der Waals surface area contributed by atoms with Gasteiger partial charge in [-0.05, 0) is 55.0 Å². The number of hydrogen-bond acceptors (Lipinski definition) is 5. The van der Waals surface area contributed by atoms with Crippen molar-refractivity contribution >= 4 is 21.8 Å². The Balaban J connectivity index is 1.74. The van der Waals surface area contributed by atoms with Gasteiger partial charge in [0.2, 0.25) is 5.88 Å². The number of ether oxygens (including phenoxy) is 2. The van der Waals surface area contributed by atoms with Crippen molar-refractivity contribution in [1.29, 1.82) is 0 Å². The Hall–Kier alpha value is -4.33. The highest BCUT2D eigenvalue weighted by molar-refractivity contribution is 5.93. The van der Waals surface area contributed by atoms with Crippen molar-refractivity contribution in [1.82, 2.24) is 14.5 Å². The molecule has 0 aliphatic heterocycles. The van der Waals surface area contributed by atoms with Crippen LogP contribution in [0.2, 0.25) is 0 Å². The van der Waals surface area contributed by atoms with Crippen molar-refractivity contribution in [3.63, 3.8) is 0 Å². The van der Waals surface area contributed by atoms with Gasteiger partial charge in [0.25, 0.3) is 5.56 Å². The number of halogens is 2. The number of nitrogens with zero attached hydrogens (tertiary/aromatic N) is 3. The molecule has 0 fully saturated rings. The van der Waals surface area contributed by atoms with Gasteiger partial charge in [0.05, 0.1) is 23.2 Å². The third-order valence-electron chi connectivity index (χ3n) is 5.36. The lowest BCUT2D eigenvalue weighted by Crippen LogP contribution is -2.20. The largest absolute Gasteiger partial charge is 0.478 e. The monoisotopic (exact) mass is 459 g/mol. The van der Waals surface area contributed by atoms with Crippen LogP contribution in [0.4, 0.5) is 8.78 Å². The lowest BCUT2D eigenvalue weighted by Gasteiger charge is -2.14. The minimum Gasteiger partial charge on any atom is -0.478 e. The first-order chi connectivity index (χ1) is 16.5. The third kappa shape index (κ3) is 4.05. The summed E-state index contributed by atoms with van der Waals surface area (Å²) >= 11 is 0. The first kappa shape index (κ1) is 21.5. The van der Waals surface area contributed by atoms with Gasteiger partial charge in [-0.2, -0.15) is 8.78 Å². The van der Waals surface area contributed by atoms with Crippen molar-refractivity contribution in [3.05, 3.63) is 89.5 Å². The van der Waals surface area contributed by atoms with Crippen molar-refractivity contribution in [2.45, 2.75) is 13.5 Å². The van der Waals surface area contributed by atoms with E-state index in [2.05, 4.69) is 14.7 Å². The molecule has 0 radical (unpaired) electrons. The molecule has 5 rings (SSSR count). The first-order valence-corrected chi connectivity index (χ1v) is 10.6. The lowest BCUT2D eigenvalue weighted by molar-refractivity contribution is -0.0498. The Morgan fingerprint density at radius 1 is 1.00 bits per heavy atom. The van der Waals surface area contributed by atoms with E-state index in [0.29, 0.717) is 34.8 Å². The molecule has 0 amide bonds. The maximum Gasteiger partial charge on any atom is 0.387 e. The molecule has 0 saturated carbocycles. The molecule has 3 heterocycles. The van der Waals surface area contributed by atoms with E-state index in [1.165, 1.54) is 12.1 Å². The SMILES string of the molecule is CCOc1ccc2cn(-c3ccc4ncccc4c3)c(=O)c(-c3ccc(OC(F)F)cc3)c2n1. The highest BCUT2D eigenvalue weighted by Gasteiger charge is 2.16. The second kappa shape index (κ2) is 8.90. The Morgan fingerprint density at radius 3 is 2.59 bits per heavy atom. The molecule has 3 aromatic heterocycles. The number of fused-ring (bicyclic) bond motifs is 2. The standard InChI is InChI=1S/C26H19F2N3O3/c1-2-33-22-12-7-18-15-31(19-8-11-21-17(14-19)4-3-13-29-21)25(32)23(24(18)30-22)16-5-9-20(10-6-16)34-26(27)28/h3-15,26H,2H2,1H3. The van der Waals surface area contributed by atoms with Crippen molar-refractivity contribution in [2.75, 3.05) is 6.61 Å². The van der Waals surface area contributed by atoms with Gasteiger partial charge in [-0.3, -0.25) is 14.3 Å². The predicted molar refractivity (Wildman–Crippen MR) is 126 cm³/mol. The van der Waals surface area contributed by atoms with Gasteiger partial charge >= 0.3 is 6.61 Å². The molecule has 0 N–H and O–H groups in total. The summed E-state index contributed by atoms with van der Waals surface area (Å²) in [5.74, 6) is 0.395. The van der Waals surface area contributed by atoms with Crippen LogP contribution in [-0.2, 0) is 0 Å². The molecule has 0 atom stereocenters. The van der Waals surface area contributed by atoms with Crippen LogP contribution in [0.5, 0.6) is 11.6 Å². The van der Waals surface area contributed by atoms with Gasteiger partial charge in [-0.1, -0.05) is 18.2 Å². The lowest BCUT2D eigenvalue weighted by atomic mass is 10.0.